The van der Waals surface area contributed by atoms with Gasteiger partial charge < -0.3 is 0 Å². The second kappa shape index (κ2) is 6.00. The van der Waals surface area contributed by atoms with Crippen molar-refractivity contribution >= 4 is 18.1 Å². The minimum Gasteiger partial charge on any atom is -0.262 e. The van der Waals surface area contributed by atoms with Gasteiger partial charge in [-0.1, -0.05) is 18.2 Å². The van der Waals surface area contributed by atoms with Crippen LogP contribution in [0.25, 0.3) is 0 Å². The third kappa shape index (κ3) is 3.04. The van der Waals surface area contributed by atoms with Crippen LogP contribution in [-0.2, 0) is 4.79 Å². The summed E-state index contributed by atoms with van der Waals surface area (Å²) in [6.45, 7) is 2.32. The van der Waals surface area contributed by atoms with Crippen molar-refractivity contribution in [2.24, 2.45) is 0 Å². The summed E-state index contributed by atoms with van der Waals surface area (Å²) in [5, 5.41) is 3.08. The van der Waals surface area contributed by atoms with Crippen LogP contribution in [-0.4, -0.2) is 43.1 Å². The molecule has 1 rings (SSSR count). The van der Waals surface area contributed by atoms with Gasteiger partial charge in [-0.2, -0.15) is 0 Å². The van der Waals surface area contributed by atoms with Gasteiger partial charge in [0, 0.05) is 20.6 Å². The maximum absolute atomic E-state index is 12.1. The molecule has 0 fully saturated rings. The Bertz CT molecular complexity index is 379. The van der Waals surface area contributed by atoms with E-state index in [4.69, 9.17) is 0 Å². The molecular formula is C12H16N3O2. The SMILES string of the molecule is CCN(C(=O)N([C]=O)c1ccccc1)N(C)C. The minimum absolute atomic E-state index is 0.418. The van der Waals surface area contributed by atoms with Gasteiger partial charge in [-0.05, 0) is 19.1 Å². The summed E-state index contributed by atoms with van der Waals surface area (Å²) in [7, 11) is 3.49. The van der Waals surface area contributed by atoms with Gasteiger partial charge in [-0.25, -0.2) is 14.7 Å². The first-order valence-electron chi connectivity index (χ1n) is 5.33. The van der Waals surface area contributed by atoms with Crippen molar-refractivity contribution in [1.82, 2.24) is 10.0 Å². The van der Waals surface area contributed by atoms with Crippen molar-refractivity contribution in [3.63, 3.8) is 0 Å². The summed E-state index contributed by atoms with van der Waals surface area (Å²) in [6.07, 6.45) is 1.65. The average molecular weight is 234 g/mol. The van der Waals surface area contributed by atoms with Gasteiger partial charge in [0.25, 0.3) is 0 Å². The molecule has 0 saturated heterocycles. The Morgan fingerprint density at radius 2 is 1.82 bits per heavy atom. The van der Waals surface area contributed by atoms with E-state index in [0.29, 0.717) is 12.2 Å². The maximum Gasteiger partial charge on any atom is 0.346 e. The Morgan fingerprint density at radius 1 is 1.24 bits per heavy atom. The van der Waals surface area contributed by atoms with E-state index in [0.717, 1.165) is 4.90 Å². The standard InChI is InChI=1S/C12H16N3O2/c1-4-15(13(2)3)12(17)14(10-16)11-8-6-5-7-9-11/h5-9H,4H2,1-3H3. The molecule has 1 radical (unpaired) electrons. The van der Waals surface area contributed by atoms with E-state index in [1.165, 1.54) is 5.01 Å². The van der Waals surface area contributed by atoms with E-state index in [1.807, 2.05) is 13.0 Å². The quantitative estimate of drug-likeness (QED) is 0.585. The number of anilines is 1. The molecule has 0 aliphatic heterocycles. The molecule has 0 heterocycles. The van der Waals surface area contributed by atoms with Crippen molar-refractivity contribution in [1.29, 1.82) is 0 Å². The molecule has 5 nitrogen and oxygen atoms in total. The van der Waals surface area contributed by atoms with Crippen molar-refractivity contribution < 1.29 is 9.59 Å². The Hall–Kier alpha value is -1.88. The fourth-order valence-electron chi connectivity index (χ4n) is 1.48. The number of hydrogen-bond donors (Lipinski definition) is 0. The minimum atomic E-state index is -0.418. The molecule has 1 aromatic rings. The molecule has 0 aliphatic carbocycles. The first-order chi connectivity index (χ1) is 8.11. The molecule has 0 bridgehead atoms. The third-order valence-electron chi connectivity index (χ3n) is 2.30. The maximum atomic E-state index is 12.1. The Kier molecular flexibility index (Phi) is 4.66. The van der Waals surface area contributed by atoms with Gasteiger partial charge in [0.2, 0.25) is 0 Å². The van der Waals surface area contributed by atoms with E-state index in [-0.39, 0.29) is 0 Å². The van der Waals surface area contributed by atoms with Crippen LogP contribution in [0, 0.1) is 0 Å². The molecule has 0 unspecified atom stereocenters. The largest absolute Gasteiger partial charge is 0.346 e. The molecule has 0 N–H and O–H groups in total. The van der Waals surface area contributed by atoms with E-state index in [1.54, 1.807) is 49.8 Å². The highest BCUT2D eigenvalue weighted by Gasteiger charge is 2.22. The van der Waals surface area contributed by atoms with Gasteiger partial charge >= 0.3 is 12.4 Å². The molecule has 0 aliphatic rings. The highest BCUT2D eigenvalue weighted by Crippen LogP contribution is 2.13. The van der Waals surface area contributed by atoms with Gasteiger partial charge in [-0.15, -0.1) is 0 Å². The average Bonchev–Trinajstić information content (AvgIpc) is 2.31. The van der Waals surface area contributed by atoms with Crippen LogP contribution in [0.2, 0.25) is 0 Å². The Balaban J connectivity index is 2.95. The molecule has 0 atom stereocenters. The zero-order valence-corrected chi connectivity index (χ0v) is 10.3. The summed E-state index contributed by atoms with van der Waals surface area (Å²) in [4.78, 5) is 24.0. The summed E-state index contributed by atoms with van der Waals surface area (Å²) >= 11 is 0. The number of benzene rings is 1. The molecule has 0 saturated carbocycles. The smallest absolute Gasteiger partial charge is 0.262 e. The van der Waals surface area contributed by atoms with Crippen molar-refractivity contribution in [3.05, 3.63) is 30.3 Å². The molecule has 0 spiro atoms. The summed E-state index contributed by atoms with van der Waals surface area (Å²) in [5.41, 5.74) is 0.507. The number of imide groups is 1. The number of hydrogen-bond acceptors (Lipinski definition) is 3. The lowest BCUT2D eigenvalue weighted by atomic mass is 10.3. The van der Waals surface area contributed by atoms with Gasteiger partial charge in [-0.3, -0.25) is 9.80 Å². The van der Waals surface area contributed by atoms with E-state index >= 15 is 0 Å². The van der Waals surface area contributed by atoms with Crippen LogP contribution in [0.5, 0.6) is 0 Å². The number of nitrogens with zero attached hydrogens (tertiary/aromatic N) is 3. The number of carbonyl (C=O) groups is 1. The predicted molar refractivity (Wildman–Crippen MR) is 66.1 cm³/mol. The molecule has 3 amide bonds. The molecule has 0 aromatic heterocycles. The number of carbonyl (C=O) groups excluding carboxylic acids is 2. The van der Waals surface area contributed by atoms with Crippen LogP contribution >= 0.6 is 0 Å². The number of para-hydroxylation sites is 1. The summed E-state index contributed by atoms with van der Waals surface area (Å²) in [5.74, 6) is 0. The third-order valence-corrected chi connectivity index (χ3v) is 2.30. The number of hydrazine groups is 1. The normalized spacial score (nSPS) is 10.1. The zero-order chi connectivity index (χ0) is 12.8. The highest BCUT2D eigenvalue weighted by atomic mass is 16.2. The molecule has 91 valence electrons. The lowest BCUT2D eigenvalue weighted by Gasteiger charge is -2.30. The van der Waals surface area contributed by atoms with Crippen LogP contribution in [0.1, 0.15) is 6.92 Å². The van der Waals surface area contributed by atoms with Crippen LogP contribution in [0.4, 0.5) is 10.5 Å². The fraction of sp³-hybridized carbons (Fsp3) is 0.333. The molecular weight excluding hydrogens is 218 g/mol. The predicted octanol–water partition coefficient (Wildman–Crippen LogP) is 1.48. The first kappa shape index (κ1) is 13.2. The Morgan fingerprint density at radius 3 is 2.24 bits per heavy atom. The topological polar surface area (TPSA) is 43.9 Å². The second-order valence-electron chi connectivity index (χ2n) is 3.61. The van der Waals surface area contributed by atoms with Crippen LogP contribution in [0.3, 0.4) is 0 Å². The van der Waals surface area contributed by atoms with Gasteiger partial charge in [0.05, 0.1) is 5.69 Å². The van der Waals surface area contributed by atoms with E-state index in [9.17, 15) is 9.59 Å². The number of rotatable bonds is 4. The van der Waals surface area contributed by atoms with E-state index in [2.05, 4.69) is 0 Å². The number of urea groups is 1. The monoisotopic (exact) mass is 234 g/mol. The Labute approximate surface area is 101 Å². The van der Waals surface area contributed by atoms with Crippen molar-refractivity contribution in [3.8, 4) is 0 Å². The first-order valence-corrected chi connectivity index (χ1v) is 5.33. The van der Waals surface area contributed by atoms with Crippen LogP contribution < -0.4 is 4.90 Å². The van der Waals surface area contributed by atoms with Gasteiger partial charge in [0.15, 0.2) is 0 Å². The fourth-order valence-corrected chi connectivity index (χ4v) is 1.48. The van der Waals surface area contributed by atoms with Gasteiger partial charge in [0.1, 0.15) is 0 Å². The lowest BCUT2D eigenvalue weighted by molar-refractivity contribution is 0.0741. The summed E-state index contributed by atoms with van der Waals surface area (Å²) in [6, 6.07) is 8.30. The number of amides is 3. The molecule has 17 heavy (non-hydrogen) atoms. The molecule has 1 aromatic carbocycles. The lowest BCUT2D eigenvalue weighted by Crippen LogP contribution is -2.49. The zero-order valence-electron chi connectivity index (χ0n) is 10.3. The van der Waals surface area contributed by atoms with Crippen LogP contribution in [0.15, 0.2) is 30.3 Å². The van der Waals surface area contributed by atoms with Crippen molar-refractivity contribution in [2.45, 2.75) is 6.92 Å². The summed E-state index contributed by atoms with van der Waals surface area (Å²) < 4.78 is 0. The van der Waals surface area contributed by atoms with Crippen molar-refractivity contribution in [2.75, 3.05) is 25.5 Å². The highest BCUT2D eigenvalue weighted by molar-refractivity contribution is 6.05. The van der Waals surface area contributed by atoms with E-state index < -0.39 is 6.03 Å². The molecule has 5 heteroatoms. The second-order valence-corrected chi connectivity index (χ2v) is 3.61.